The Morgan fingerprint density at radius 1 is 1.25 bits per heavy atom. The fourth-order valence-electron chi connectivity index (χ4n) is 3.89. The summed E-state index contributed by atoms with van der Waals surface area (Å²) in [5.41, 5.74) is 9.38. The maximum absolute atomic E-state index is 14.1. The van der Waals surface area contributed by atoms with Crippen LogP contribution in [0.4, 0.5) is 4.39 Å². The average Bonchev–Trinajstić information content (AvgIpc) is 3.23. The van der Waals surface area contributed by atoms with Crippen LogP contribution in [0.1, 0.15) is 64.5 Å². The minimum absolute atomic E-state index is 0.424. The highest BCUT2D eigenvalue weighted by Crippen LogP contribution is 2.30. The Hall–Kier alpha value is -2.06. The van der Waals surface area contributed by atoms with Gasteiger partial charge in [0.15, 0.2) is 0 Å². The lowest BCUT2D eigenvalue weighted by Gasteiger charge is -2.20. The summed E-state index contributed by atoms with van der Waals surface area (Å²) in [4.78, 5) is 4.52. The molecular weight excluding hydrogens is 416 g/mol. The first-order valence-corrected chi connectivity index (χ1v) is 12.1. The summed E-state index contributed by atoms with van der Waals surface area (Å²) in [5, 5.41) is 3.10. The van der Waals surface area contributed by atoms with Crippen LogP contribution >= 0.6 is 9.24 Å². The minimum atomic E-state index is -1.28. The SMILES string of the molecule is C=C(CCc1ccc(-c2cnn(CC)c2)cc1C)/C(C(CCC(C)(F)P)=NC)=C(/C)CC. The lowest BCUT2D eigenvalue weighted by molar-refractivity contribution is 0.300. The highest BCUT2D eigenvalue weighted by molar-refractivity contribution is 7.18. The summed E-state index contributed by atoms with van der Waals surface area (Å²) in [6.07, 6.45) is 7.75. The minimum Gasteiger partial charge on any atom is -0.292 e. The van der Waals surface area contributed by atoms with Crippen molar-refractivity contribution in [1.29, 1.82) is 0 Å². The quantitative estimate of drug-likeness (QED) is 0.196. The maximum atomic E-state index is 14.1. The van der Waals surface area contributed by atoms with Crippen LogP contribution in [0.25, 0.3) is 11.1 Å². The van der Waals surface area contributed by atoms with Gasteiger partial charge in [-0.1, -0.05) is 46.5 Å². The van der Waals surface area contributed by atoms with Gasteiger partial charge in [0.1, 0.15) is 5.41 Å². The molecule has 0 radical (unpaired) electrons. The third kappa shape index (κ3) is 7.24. The van der Waals surface area contributed by atoms with Crippen molar-refractivity contribution in [3.63, 3.8) is 0 Å². The number of allylic oxidation sites excluding steroid dienone is 3. The van der Waals surface area contributed by atoms with Crippen LogP contribution in [-0.2, 0) is 13.0 Å². The van der Waals surface area contributed by atoms with Crippen LogP contribution in [0.15, 0.2) is 58.9 Å². The Morgan fingerprint density at radius 3 is 2.50 bits per heavy atom. The van der Waals surface area contributed by atoms with E-state index >= 15 is 0 Å². The van der Waals surface area contributed by atoms with Crippen LogP contribution < -0.4 is 0 Å². The molecule has 1 aromatic carbocycles. The molecule has 0 N–H and O–H groups in total. The summed E-state index contributed by atoms with van der Waals surface area (Å²) in [5.74, 6) is 0. The van der Waals surface area contributed by atoms with Crippen molar-refractivity contribution in [1.82, 2.24) is 9.78 Å². The molecule has 0 fully saturated rings. The molecule has 0 aliphatic heterocycles. The number of nitrogens with zero attached hydrogens (tertiary/aromatic N) is 3. The molecule has 5 heteroatoms. The van der Waals surface area contributed by atoms with Crippen LogP contribution in [0.2, 0.25) is 0 Å². The second kappa shape index (κ2) is 11.7. The van der Waals surface area contributed by atoms with E-state index < -0.39 is 5.41 Å². The highest BCUT2D eigenvalue weighted by Gasteiger charge is 2.20. The molecule has 0 bridgehead atoms. The van der Waals surface area contributed by atoms with E-state index in [2.05, 4.69) is 78.0 Å². The zero-order valence-corrected chi connectivity index (χ0v) is 21.8. The zero-order valence-electron chi connectivity index (χ0n) is 20.6. The number of halogens is 1. The lowest BCUT2D eigenvalue weighted by Crippen LogP contribution is -2.14. The standard InChI is InChI=1S/C27H39FN3P/c1-8-19(3)26(25(29-7)14-15-27(6,28)32)20(4)10-11-22-12-13-23(16-21(22)5)24-17-30-31(9-2)18-24/h12-13,16-18H,4,8-11,14-15,32H2,1-3,5-7H3/b26-19+,29-25?. The number of aromatic nitrogens is 2. The predicted octanol–water partition coefficient (Wildman–Crippen LogP) is 7.51. The van der Waals surface area contributed by atoms with Gasteiger partial charge in [0.2, 0.25) is 0 Å². The first-order valence-electron chi connectivity index (χ1n) is 11.5. The Balaban J connectivity index is 2.15. The molecule has 2 atom stereocenters. The van der Waals surface area contributed by atoms with Gasteiger partial charge in [-0.3, -0.25) is 9.67 Å². The third-order valence-corrected chi connectivity index (χ3v) is 6.34. The van der Waals surface area contributed by atoms with Gasteiger partial charge >= 0.3 is 0 Å². The van der Waals surface area contributed by atoms with Crippen molar-refractivity contribution in [3.8, 4) is 11.1 Å². The summed E-state index contributed by atoms with van der Waals surface area (Å²) >= 11 is 0. The predicted molar refractivity (Wildman–Crippen MR) is 140 cm³/mol. The molecule has 174 valence electrons. The van der Waals surface area contributed by atoms with E-state index in [-0.39, 0.29) is 0 Å². The molecule has 32 heavy (non-hydrogen) atoms. The maximum Gasteiger partial charge on any atom is 0.121 e. The fraction of sp³-hybridized carbons (Fsp3) is 0.481. The Labute approximate surface area is 196 Å². The zero-order chi connectivity index (χ0) is 23.9. The Morgan fingerprint density at radius 2 is 1.97 bits per heavy atom. The van der Waals surface area contributed by atoms with Gasteiger partial charge in [0.25, 0.3) is 0 Å². The van der Waals surface area contributed by atoms with Crippen LogP contribution in [0.5, 0.6) is 0 Å². The van der Waals surface area contributed by atoms with Crippen molar-refractivity contribution < 1.29 is 4.39 Å². The first kappa shape index (κ1) is 26.2. The molecule has 2 rings (SSSR count). The molecule has 1 aromatic heterocycles. The molecule has 0 spiro atoms. The second-order valence-corrected chi connectivity index (χ2v) is 9.99. The van der Waals surface area contributed by atoms with Crippen LogP contribution in [-0.4, -0.2) is 27.9 Å². The number of alkyl halides is 1. The van der Waals surface area contributed by atoms with Crippen molar-refractivity contribution >= 4 is 15.0 Å². The average molecular weight is 456 g/mol. The van der Waals surface area contributed by atoms with Crippen LogP contribution in [0.3, 0.4) is 0 Å². The molecule has 1 heterocycles. The number of aryl methyl sites for hydroxylation is 3. The number of benzene rings is 1. The Bertz CT molecular complexity index is 993. The highest BCUT2D eigenvalue weighted by atomic mass is 31.0. The summed E-state index contributed by atoms with van der Waals surface area (Å²) in [7, 11) is 4.09. The van der Waals surface area contributed by atoms with Gasteiger partial charge in [-0.25, -0.2) is 4.39 Å². The van der Waals surface area contributed by atoms with Crippen molar-refractivity contribution in [2.75, 3.05) is 7.05 Å². The number of hydrogen-bond acceptors (Lipinski definition) is 2. The summed E-state index contributed by atoms with van der Waals surface area (Å²) in [6.45, 7) is 15.4. The molecule has 2 aromatic rings. The monoisotopic (exact) mass is 455 g/mol. The van der Waals surface area contributed by atoms with Crippen molar-refractivity contribution in [3.05, 3.63) is 65.0 Å². The smallest absolute Gasteiger partial charge is 0.121 e. The molecule has 3 nitrogen and oxygen atoms in total. The second-order valence-electron chi connectivity index (χ2n) is 8.79. The van der Waals surface area contributed by atoms with E-state index in [1.807, 2.05) is 10.9 Å². The van der Waals surface area contributed by atoms with Gasteiger partial charge in [0.05, 0.1) is 6.20 Å². The van der Waals surface area contributed by atoms with Crippen LogP contribution in [0, 0.1) is 6.92 Å². The van der Waals surface area contributed by atoms with Gasteiger partial charge in [-0.05, 0) is 87.6 Å². The van der Waals surface area contributed by atoms with Crippen molar-refractivity contribution in [2.45, 2.75) is 78.7 Å². The van der Waals surface area contributed by atoms with E-state index in [0.29, 0.717) is 12.8 Å². The van der Waals surface area contributed by atoms with Gasteiger partial charge in [-0.2, -0.15) is 5.10 Å². The molecule has 0 amide bonds. The van der Waals surface area contributed by atoms with E-state index in [1.165, 1.54) is 22.3 Å². The Kier molecular flexibility index (Phi) is 9.58. The molecule has 0 aliphatic rings. The summed E-state index contributed by atoms with van der Waals surface area (Å²) in [6, 6.07) is 6.63. The fourth-order valence-corrected chi connectivity index (χ4v) is 4.04. The van der Waals surface area contributed by atoms with E-state index in [9.17, 15) is 4.39 Å². The number of aliphatic imine (C=N–C) groups is 1. The molecule has 2 unspecified atom stereocenters. The molecular formula is C27H39FN3P. The number of rotatable bonds is 11. The lowest BCUT2D eigenvalue weighted by atomic mass is 9.88. The summed E-state index contributed by atoms with van der Waals surface area (Å²) < 4.78 is 16.0. The largest absolute Gasteiger partial charge is 0.292 e. The van der Waals surface area contributed by atoms with Gasteiger partial charge in [-0.15, -0.1) is 0 Å². The number of hydrogen-bond donors (Lipinski definition) is 0. The topological polar surface area (TPSA) is 30.2 Å². The van der Waals surface area contributed by atoms with E-state index in [1.54, 1.807) is 14.0 Å². The van der Waals surface area contributed by atoms with E-state index in [0.717, 1.165) is 48.2 Å². The molecule has 0 saturated heterocycles. The van der Waals surface area contributed by atoms with Gasteiger partial charge in [0, 0.05) is 31.1 Å². The third-order valence-electron chi connectivity index (χ3n) is 6.05. The molecule has 0 saturated carbocycles. The van der Waals surface area contributed by atoms with E-state index in [4.69, 9.17) is 0 Å². The first-order chi connectivity index (χ1) is 15.1. The molecule has 0 aliphatic carbocycles. The van der Waals surface area contributed by atoms with Crippen molar-refractivity contribution in [2.24, 2.45) is 4.99 Å². The van der Waals surface area contributed by atoms with Gasteiger partial charge < -0.3 is 0 Å². The normalized spacial score (nSPS) is 14.8.